The van der Waals surface area contributed by atoms with Crippen molar-refractivity contribution in [2.45, 2.75) is 32.5 Å². The number of rotatable bonds is 3. The maximum Gasteiger partial charge on any atom is 0.0910 e. The lowest BCUT2D eigenvalue weighted by Gasteiger charge is -2.04. The smallest absolute Gasteiger partial charge is 0.0910 e. The molecule has 72 valence electrons. The fraction of sp³-hybridized carbons (Fsp3) is 0.600. The number of aliphatic hydroxyl groups excluding tert-OH is 2. The number of hydrogen-bond donors (Lipinski definition) is 2. The molecule has 1 unspecified atom stereocenters. The van der Waals surface area contributed by atoms with Crippen LogP contribution in [0.25, 0.3) is 0 Å². The van der Waals surface area contributed by atoms with Gasteiger partial charge in [-0.2, -0.15) is 0 Å². The van der Waals surface area contributed by atoms with Crippen LogP contribution < -0.4 is 0 Å². The topological polar surface area (TPSA) is 40.5 Å². The highest BCUT2D eigenvalue weighted by molar-refractivity contribution is 7.12. The zero-order valence-electron chi connectivity index (χ0n) is 7.66. The van der Waals surface area contributed by atoms with Gasteiger partial charge in [0.25, 0.3) is 0 Å². The summed E-state index contributed by atoms with van der Waals surface area (Å²) in [6, 6.07) is 1.93. The Morgan fingerprint density at radius 2 is 2.31 bits per heavy atom. The Morgan fingerprint density at radius 1 is 1.62 bits per heavy atom. The van der Waals surface area contributed by atoms with E-state index in [9.17, 15) is 5.11 Å². The molecule has 0 amide bonds. The van der Waals surface area contributed by atoms with Gasteiger partial charge in [-0.05, 0) is 37.3 Å². The summed E-state index contributed by atoms with van der Waals surface area (Å²) in [5.74, 6) is 0.476. The summed E-state index contributed by atoms with van der Waals surface area (Å²) in [7, 11) is 0. The number of aliphatic hydroxyl groups is 2. The first-order valence-corrected chi connectivity index (χ1v) is 5.42. The van der Waals surface area contributed by atoms with Crippen LogP contribution in [0.15, 0.2) is 6.07 Å². The van der Waals surface area contributed by atoms with Crippen LogP contribution in [-0.4, -0.2) is 10.2 Å². The average molecular weight is 198 g/mol. The van der Waals surface area contributed by atoms with Crippen molar-refractivity contribution in [3.8, 4) is 0 Å². The second-order valence-corrected chi connectivity index (χ2v) is 4.96. The molecule has 0 aromatic carbocycles. The Labute approximate surface area is 81.8 Å². The summed E-state index contributed by atoms with van der Waals surface area (Å²) >= 11 is 1.61. The van der Waals surface area contributed by atoms with E-state index >= 15 is 0 Å². The molecule has 3 heteroatoms. The zero-order valence-corrected chi connectivity index (χ0v) is 8.47. The van der Waals surface area contributed by atoms with E-state index in [-0.39, 0.29) is 12.7 Å². The molecular weight excluding hydrogens is 184 g/mol. The molecule has 1 aromatic heterocycles. The van der Waals surface area contributed by atoms with Gasteiger partial charge in [0, 0.05) is 9.75 Å². The highest BCUT2D eigenvalue weighted by atomic mass is 32.1. The van der Waals surface area contributed by atoms with Crippen LogP contribution in [-0.2, 0) is 6.61 Å². The Kier molecular flexibility index (Phi) is 2.41. The van der Waals surface area contributed by atoms with Gasteiger partial charge in [0.1, 0.15) is 0 Å². The fourth-order valence-corrected chi connectivity index (χ4v) is 2.61. The monoisotopic (exact) mass is 198 g/mol. The maximum absolute atomic E-state index is 9.82. The predicted octanol–water partition coefficient (Wildman–Crippen LogP) is 1.99. The van der Waals surface area contributed by atoms with Crippen molar-refractivity contribution in [3.05, 3.63) is 21.4 Å². The molecular formula is C10H14O2S. The van der Waals surface area contributed by atoms with E-state index in [0.29, 0.717) is 5.92 Å². The SMILES string of the molecule is Cc1sc(C(O)C2CC2)cc1CO. The Hall–Kier alpha value is -0.380. The van der Waals surface area contributed by atoms with Gasteiger partial charge in [-0.15, -0.1) is 11.3 Å². The second kappa shape index (κ2) is 3.40. The number of aryl methyl sites for hydroxylation is 1. The van der Waals surface area contributed by atoms with Crippen molar-refractivity contribution in [2.75, 3.05) is 0 Å². The van der Waals surface area contributed by atoms with Crippen molar-refractivity contribution in [2.24, 2.45) is 5.92 Å². The minimum atomic E-state index is -0.288. The van der Waals surface area contributed by atoms with Gasteiger partial charge >= 0.3 is 0 Å². The lowest BCUT2D eigenvalue weighted by molar-refractivity contribution is 0.157. The molecule has 13 heavy (non-hydrogen) atoms. The maximum atomic E-state index is 9.82. The lowest BCUT2D eigenvalue weighted by Crippen LogP contribution is -1.95. The molecule has 1 heterocycles. The summed E-state index contributed by atoms with van der Waals surface area (Å²) in [6.45, 7) is 2.07. The molecule has 1 aliphatic rings. The van der Waals surface area contributed by atoms with Crippen molar-refractivity contribution in [3.63, 3.8) is 0 Å². The van der Waals surface area contributed by atoms with Gasteiger partial charge in [-0.25, -0.2) is 0 Å². The van der Waals surface area contributed by atoms with E-state index < -0.39 is 0 Å². The van der Waals surface area contributed by atoms with Crippen molar-refractivity contribution < 1.29 is 10.2 Å². The molecule has 2 rings (SSSR count). The molecule has 1 fully saturated rings. The third-order valence-electron chi connectivity index (χ3n) is 2.57. The van der Waals surface area contributed by atoms with Gasteiger partial charge in [0.2, 0.25) is 0 Å². The molecule has 0 radical (unpaired) electrons. The minimum Gasteiger partial charge on any atom is -0.392 e. The predicted molar refractivity (Wildman–Crippen MR) is 52.7 cm³/mol. The van der Waals surface area contributed by atoms with Crippen LogP contribution in [0.1, 0.15) is 34.3 Å². The first-order valence-electron chi connectivity index (χ1n) is 4.60. The standard InChI is InChI=1S/C10H14O2S/c1-6-8(5-11)4-9(13-6)10(12)7-2-3-7/h4,7,10-12H,2-3,5H2,1H3. The van der Waals surface area contributed by atoms with E-state index in [1.165, 1.54) is 0 Å². The Morgan fingerprint density at radius 3 is 2.77 bits per heavy atom. The van der Waals surface area contributed by atoms with Crippen LogP contribution in [0.4, 0.5) is 0 Å². The van der Waals surface area contributed by atoms with E-state index in [4.69, 9.17) is 5.11 Å². The third kappa shape index (κ3) is 1.77. The first kappa shape index (κ1) is 9.19. The van der Waals surface area contributed by atoms with Gasteiger partial charge < -0.3 is 10.2 Å². The van der Waals surface area contributed by atoms with Crippen LogP contribution in [0.3, 0.4) is 0 Å². The van der Waals surface area contributed by atoms with Crippen LogP contribution in [0.5, 0.6) is 0 Å². The van der Waals surface area contributed by atoms with Crippen LogP contribution in [0, 0.1) is 12.8 Å². The number of thiophene rings is 1. The van der Waals surface area contributed by atoms with Gasteiger partial charge in [0.05, 0.1) is 12.7 Å². The van der Waals surface area contributed by atoms with Gasteiger partial charge in [0.15, 0.2) is 0 Å². The fourth-order valence-electron chi connectivity index (χ4n) is 1.49. The average Bonchev–Trinajstić information content (AvgIpc) is 2.89. The van der Waals surface area contributed by atoms with Crippen molar-refractivity contribution >= 4 is 11.3 Å². The van der Waals surface area contributed by atoms with E-state index in [1.54, 1.807) is 11.3 Å². The normalized spacial score (nSPS) is 19.0. The summed E-state index contributed by atoms with van der Waals surface area (Å²) in [5, 5.41) is 18.8. The largest absolute Gasteiger partial charge is 0.392 e. The zero-order chi connectivity index (χ0) is 9.42. The van der Waals surface area contributed by atoms with E-state index in [0.717, 1.165) is 28.2 Å². The molecule has 1 atom stereocenters. The molecule has 1 aliphatic carbocycles. The summed E-state index contributed by atoms with van der Waals surface area (Å²) in [5.41, 5.74) is 0.958. The second-order valence-electron chi connectivity index (χ2n) is 3.67. The highest BCUT2D eigenvalue weighted by Gasteiger charge is 2.31. The van der Waals surface area contributed by atoms with Gasteiger partial charge in [-0.1, -0.05) is 0 Å². The third-order valence-corrected chi connectivity index (χ3v) is 3.73. The Balaban J connectivity index is 2.19. The molecule has 1 aromatic rings. The molecule has 0 spiro atoms. The van der Waals surface area contributed by atoms with Crippen molar-refractivity contribution in [1.82, 2.24) is 0 Å². The molecule has 0 aliphatic heterocycles. The molecule has 1 saturated carbocycles. The molecule has 2 N–H and O–H groups in total. The number of hydrogen-bond acceptors (Lipinski definition) is 3. The molecule has 2 nitrogen and oxygen atoms in total. The summed E-state index contributed by atoms with van der Waals surface area (Å²) in [6.07, 6.45) is 2.00. The summed E-state index contributed by atoms with van der Waals surface area (Å²) in [4.78, 5) is 2.14. The molecule has 0 bridgehead atoms. The van der Waals surface area contributed by atoms with Crippen LogP contribution in [0.2, 0.25) is 0 Å². The first-order chi connectivity index (χ1) is 6.22. The quantitative estimate of drug-likeness (QED) is 0.779. The van der Waals surface area contributed by atoms with Crippen LogP contribution >= 0.6 is 11.3 Å². The highest BCUT2D eigenvalue weighted by Crippen LogP contribution is 2.43. The van der Waals surface area contributed by atoms with Gasteiger partial charge in [-0.3, -0.25) is 0 Å². The van der Waals surface area contributed by atoms with E-state index in [2.05, 4.69) is 0 Å². The lowest BCUT2D eigenvalue weighted by atomic mass is 10.1. The Bertz CT molecular complexity index is 302. The van der Waals surface area contributed by atoms with Crippen molar-refractivity contribution in [1.29, 1.82) is 0 Å². The molecule has 0 saturated heterocycles. The minimum absolute atomic E-state index is 0.0831. The summed E-state index contributed by atoms with van der Waals surface area (Å²) < 4.78 is 0. The van der Waals surface area contributed by atoms with E-state index in [1.807, 2.05) is 13.0 Å².